The van der Waals surface area contributed by atoms with Crippen molar-refractivity contribution in [2.24, 2.45) is 0 Å². The molecule has 1 rings (SSSR count). The zero-order valence-corrected chi connectivity index (χ0v) is 7.37. The minimum absolute atomic E-state index is 0.0706. The summed E-state index contributed by atoms with van der Waals surface area (Å²) in [5.74, 6) is -2.16. The molecule has 0 atom stereocenters. The molecule has 1 aromatic rings. The Morgan fingerprint density at radius 3 is 2.93 bits per heavy atom. The molecule has 0 bridgehead atoms. The fourth-order valence-electron chi connectivity index (χ4n) is 0.966. The summed E-state index contributed by atoms with van der Waals surface area (Å²) in [6.45, 7) is 3.46. The van der Waals surface area contributed by atoms with Crippen LogP contribution >= 0.6 is 0 Å². The van der Waals surface area contributed by atoms with Crippen LogP contribution in [0.5, 0.6) is 5.75 Å². The van der Waals surface area contributed by atoms with Crippen molar-refractivity contribution in [1.29, 1.82) is 0 Å². The van der Waals surface area contributed by atoms with Crippen molar-refractivity contribution >= 4 is 5.97 Å². The SMILES string of the molecule is C=CCOc1c(F)cccc1C(=O)O. The average Bonchev–Trinajstić information content (AvgIpc) is 2.15. The van der Waals surface area contributed by atoms with Crippen LogP contribution in [0.1, 0.15) is 10.4 Å². The van der Waals surface area contributed by atoms with Gasteiger partial charge in [-0.25, -0.2) is 9.18 Å². The molecule has 3 nitrogen and oxygen atoms in total. The fraction of sp³-hybridized carbons (Fsp3) is 0.100. The highest BCUT2D eigenvalue weighted by molar-refractivity contribution is 5.90. The fourth-order valence-corrected chi connectivity index (χ4v) is 0.966. The van der Waals surface area contributed by atoms with Crippen LogP contribution in [-0.4, -0.2) is 17.7 Å². The molecule has 0 saturated carbocycles. The average molecular weight is 196 g/mol. The van der Waals surface area contributed by atoms with Crippen molar-refractivity contribution in [3.05, 3.63) is 42.2 Å². The number of ether oxygens (including phenoxy) is 1. The molecule has 0 aliphatic carbocycles. The summed E-state index contributed by atoms with van der Waals surface area (Å²) in [5, 5.41) is 8.72. The van der Waals surface area contributed by atoms with Crippen LogP contribution in [0.2, 0.25) is 0 Å². The van der Waals surface area contributed by atoms with E-state index in [4.69, 9.17) is 9.84 Å². The lowest BCUT2D eigenvalue weighted by Crippen LogP contribution is -2.04. The third-order valence-corrected chi connectivity index (χ3v) is 1.54. The van der Waals surface area contributed by atoms with E-state index in [9.17, 15) is 9.18 Å². The molecule has 0 amide bonds. The van der Waals surface area contributed by atoms with Gasteiger partial charge in [0.05, 0.1) is 0 Å². The molecule has 0 aromatic heterocycles. The number of carboxylic acid groups (broad SMARTS) is 1. The van der Waals surface area contributed by atoms with Gasteiger partial charge in [-0.2, -0.15) is 0 Å². The number of carbonyl (C=O) groups is 1. The molecular weight excluding hydrogens is 187 g/mol. The summed E-state index contributed by atoms with van der Waals surface area (Å²) in [6.07, 6.45) is 1.41. The Kier molecular flexibility index (Phi) is 3.23. The van der Waals surface area contributed by atoms with Gasteiger partial charge in [-0.05, 0) is 12.1 Å². The van der Waals surface area contributed by atoms with Gasteiger partial charge in [0.1, 0.15) is 12.2 Å². The summed E-state index contributed by atoms with van der Waals surface area (Å²) in [4.78, 5) is 10.7. The molecule has 0 saturated heterocycles. The Morgan fingerprint density at radius 2 is 2.36 bits per heavy atom. The maximum Gasteiger partial charge on any atom is 0.339 e. The summed E-state index contributed by atoms with van der Waals surface area (Å²) >= 11 is 0. The van der Waals surface area contributed by atoms with Crippen molar-refractivity contribution in [3.8, 4) is 5.75 Å². The second-order valence-corrected chi connectivity index (χ2v) is 2.52. The quantitative estimate of drug-likeness (QED) is 0.750. The highest BCUT2D eigenvalue weighted by atomic mass is 19.1. The van der Waals surface area contributed by atoms with E-state index in [0.717, 1.165) is 6.07 Å². The van der Waals surface area contributed by atoms with Gasteiger partial charge in [0.15, 0.2) is 11.6 Å². The second-order valence-electron chi connectivity index (χ2n) is 2.52. The van der Waals surface area contributed by atoms with Gasteiger partial charge in [-0.15, -0.1) is 0 Å². The Bertz CT molecular complexity index is 360. The summed E-state index contributed by atoms with van der Waals surface area (Å²) in [6, 6.07) is 3.74. The highest BCUT2D eigenvalue weighted by Crippen LogP contribution is 2.22. The minimum atomic E-state index is -1.22. The van der Waals surface area contributed by atoms with E-state index < -0.39 is 11.8 Å². The van der Waals surface area contributed by atoms with E-state index >= 15 is 0 Å². The summed E-state index contributed by atoms with van der Waals surface area (Å²) in [5.41, 5.74) is -0.188. The first kappa shape index (κ1) is 10.2. The third kappa shape index (κ3) is 2.10. The van der Waals surface area contributed by atoms with Crippen LogP contribution in [0, 0.1) is 5.82 Å². The molecule has 4 heteroatoms. The lowest BCUT2D eigenvalue weighted by Gasteiger charge is -2.07. The van der Waals surface area contributed by atoms with Gasteiger partial charge < -0.3 is 9.84 Å². The first-order valence-electron chi connectivity index (χ1n) is 3.92. The van der Waals surface area contributed by atoms with Gasteiger partial charge in [-0.1, -0.05) is 18.7 Å². The predicted octanol–water partition coefficient (Wildman–Crippen LogP) is 2.09. The molecule has 0 aliphatic rings. The zero-order chi connectivity index (χ0) is 10.6. The Balaban J connectivity index is 3.08. The largest absolute Gasteiger partial charge is 0.486 e. The number of hydrogen-bond acceptors (Lipinski definition) is 2. The lowest BCUT2D eigenvalue weighted by molar-refractivity contribution is 0.0691. The van der Waals surface area contributed by atoms with Crippen molar-refractivity contribution < 1.29 is 19.0 Å². The van der Waals surface area contributed by atoms with Crippen molar-refractivity contribution in [2.45, 2.75) is 0 Å². The van der Waals surface area contributed by atoms with Crippen LogP contribution in [-0.2, 0) is 0 Å². The molecule has 0 heterocycles. The molecule has 0 radical (unpaired) electrons. The van der Waals surface area contributed by atoms with E-state index in [1.54, 1.807) is 0 Å². The maximum atomic E-state index is 13.1. The van der Waals surface area contributed by atoms with Gasteiger partial charge in [0, 0.05) is 0 Å². The zero-order valence-electron chi connectivity index (χ0n) is 7.37. The van der Waals surface area contributed by atoms with E-state index in [1.807, 2.05) is 0 Å². The van der Waals surface area contributed by atoms with Gasteiger partial charge >= 0.3 is 5.97 Å². The predicted molar refractivity (Wildman–Crippen MR) is 49.1 cm³/mol. The van der Waals surface area contributed by atoms with Gasteiger partial charge in [0.2, 0.25) is 0 Å². The molecule has 0 spiro atoms. The van der Waals surface area contributed by atoms with Gasteiger partial charge in [-0.3, -0.25) is 0 Å². The number of benzene rings is 1. The van der Waals surface area contributed by atoms with Crippen LogP contribution in [0.25, 0.3) is 0 Å². The molecule has 74 valence electrons. The Labute approximate surface area is 80.4 Å². The molecule has 14 heavy (non-hydrogen) atoms. The van der Waals surface area contributed by atoms with Crippen molar-refractivity contribution in [2.75, 3.05) is 6.61 Å². The molecule has 0 fully saturated rings. The molecule has 1 N–H and O–H groups in total. The topological polar surface area (TPSA) is 46.5 Å². The van der Waals surface area contributed by atoms with E-state index in [1.165, 1.54) is 18.2 Å². The van der Waals surface area contributed by atoms with Crippen LogP contribution in [0.3, 0.4) is 0 Å². The highest BCUT2D eigenvalue weighted by Gasteiger charge is 2.14. The van der Waals surface area contributed by atoms with Crippen LogP contribution in [0.4, 0.5) is 4.39 Å². The molecule has 1 aromatic carbocycles. The van der Waals surface area contributed by atoms with E-state index in [2.05, 4.69) is 6.58 Å². The Morgan fingerprint density at radius 1 is 1.64 bits per heavy atom. The van der Waals surface area contributed by atoms with Crippen LogP contribution < -0.4 is 4.74 Å². The van der Waals surface area contributed by atoms with Crippen molar-refractivity contribution in [3.63, 3.8) is 0 Å². The van der Waals surface area contributed by atoms with Gasteiger partial charge in [0.25, 0.3) is 0 Å². The third-order valence-electron chi connectivity index (χ3n) is 1.54. The van der Waals surface area contributed by atoms with E-state index in [-0.39, 0.29) is 17.9 Å². The summed E-state index contributed by atoms with van der Waals surface area (Å²) < 4.78 is 18.0. The van der Waals surface area contributed by atoms with Crippen molar-refractivity contribution in [1.82, 2.24) is 0 Å². The maximum absolute atomic E-state index is 13.1. The second kappa shape index (κ2) is 4.41. The first-order chi connectivity index (χ1) is 6.66. The smallest absolute Gasteiger partial charge is 0.339 e. The lowest BCUT2D eigenvalue weighted by atomic mass is 10.2. The van der Waals surface area contributed by atoms with E-state index in [0.29, 0.717) is 0 Å². The number of carboxylic acids is 1. The molecule has 0 aliphatic heterocycles. The minimum Gasteiger partial charge on any atom is -0.486 e. The summed E-state index contributed by atoms with van der Waals surface area (Å²) in [7, 11) is 0. The number of aromatic carboxylic acids is 1. The normalized spacial score (nSPS) is 9.50. The molecule has 0 unspecified atom stereocenters. The standard InChI is InChI=1S/C10H9FO3/c1-2-6-14-9-7(10(12)13)4-3-5-8(9)11/h2-5H,1,6H2,(H,12,13). The first-order valence-corrected chi connectivity index (χ1v) is 3.92. The Hall–Kier alpha value is -1.84. The monoisotopic (exact) mass is 196 g/mol. The number of halogens is 1. The number of hydrogen-bond donors (Lipinski definition) is 1. The molecular formula is C10H9FO3. The van der Waals surface area contributed by atoms with Crippen LogP contribution in [0.15, 0.2) is 30.9 Å². The number of para-hydroxylation sites is 1. The number of rotatable bonds is 4.